The third-order valence-corrected chi connectivity index (χ3v) is 4.51. The predicted molar refractivity (Wildman–Crippen MR) is 108 cm³/mol. The van der Waals surface area contributed by atoms with E-state index in [1.807, 2.05) is 31.2 Å². The van der Waals surface area contributed by atoms with Crippen molar-refractivity contribution >= 4 is 5.57 Å². The zero-order chi connectivity index (χ0) is 21.9. The highest BCUT2D eigenvalue weighted by Gasteiger charge is 2.30. The molecule has 1 aromatic heterocycles. The predicted octanol–water partition coefficient (Wildman–Crippen LogP) is 6.03. The average molecular weight is 417 g/mol. The average Bonchev–Trinajstić information content (AvgIpc) is 3.06. The van der Waals surface area contributed by atoms with E-state index in [2.05, 4.69) is 4.98 Å². The van der Waals surface area contributed by atoms with Crippen LogP contribution in [0.4, 0.5) is 13.2 Å². The standard InChI is InChI=1S/C23H22F3NO3/c1-14(11-15(2)28)18-5-4-6-20(12-18)29-13-21-16(3)30-22(27-21)17-7-9-19(10-8-17)23(24,25)26/h4-12,15,28H,13H2,1-3H3/b14-11+. The van der Waals surface area contributed by atoms with E-state index in [1.54, 1.807) is 19.9 Å². The molecule has 0 bridgehead atoms. The number of hydrogen-bond acceptors (Lipinski definition) is 4. The lowest BCUT2D eigenvalue weighted by Crippen LogP contribution is -2.04. The van der Waals surface area contributed by atoms with Crippen LogP contribution in [0.3, 0.4) is 0 Å². The molecule has 158 valence electrons. The molecule has 0 saturated heterocycles. The molecule has 1 atom stereocenters. The van der Waals surface area contributed by atoms with Crippen molar-refractivity contribution in [1.82, 2.24) is 4.98 Å². The molecule has 0 aliphatic rings. The van der Waals surface area contributed by atoms with Gasteiger partial charge in [0.2, 0.25) is 5.89 Å². The quantitative estimate of drug-likeness (QED) is 0.532. The van der Waals surface area contributed by atoms with E-state index in [-0.39, 0.29) is 12.5 Å². The fourth-order valence-electron chi connectivity index (χ4n) is 2.93. The highest BCUT2D eigenvalue weighted by Crippen LogP contribution is 2.31. The molecular weight excluding hydrogens is 395 g/mol. The first-order valence-corrected chi connectivity index (χ1v) is 9.37. The molecule has 7 heteroatoms. The third-order valence-electron chi connectivity index (χ3n) is 4.51. The number of aliphatic hydroxyl groups is 1. The van der Waals surface area contributed by atoms with Crippen LogP contribution in [0.2, 0.25) is 0 Å². The van der Waals surface area contributed by atoms with E-state index in [4.69, 9.17) is 9.15 Å². The maximum atomic E-state index is 12.7. The SMILES string of the molecule is C/C(=C\C(C)O)c1cccc(OCc2nc(-c3ccc(C(F)(F)F)cc3)oc2C)c1. The van der Waals surface area contributed by atoms with E-state index >= 15 is 0 Å². The lowest BCUT2D eigenvalue weighted by Gasteiger charge is -2.08. The van der Waals surface area contributed by atoms with Gasteiger partial charge in [-0.3, -0.25) is 0 Å². The van der Waals surface area contributed by atoms with Gasteiger partial charge in [0, 0.05) is 5.56 Å². The summed E-state index contributed by atoms with van der Waals surface area (Å²) in [6.07, 6.45) is -3.19. The van der Waals surface area contributed by atoms with Gasteiger partial charge in [0.05, 0.1) is 11.7 Å². The van der Waals surface area contributed by atoms with Gasteiger partial charge in [-0.25, -0.2) is 4.98 Å². The monoisotopic (exact) mass is 417 g/mol. The van der Waals surface area contributed by atoms with Crippen LogP contribution < -0.4 is 4.74 Å². The second-order valence-electron chi connectivity index (χ2n) is 7.00. The minimum absolute atomic E-state index is 0.151. The van der Waals surface area contributed by atoms with Gasteiger partial charge in [-0.15, -0.1) is 0 Å². The Morgan fingerprint density at radius 3 is 2.53 bits per heavy atom. The second-order valence-corrected chi connectivity index (χ2v) is 7.00. The smallest absolute Gasteiger partial charge is 0.416 e. The number of oxazole rings is 1. The van der Waals surface area contributed by atoms with Crippen LogP contribution in [0, 0.1) is 6.92 Å². The molecule has 2 aromatic carbocycles. The zero-order valence-electron chi connectivity index (χ0n) is 16.8. The number of ether oxygens (including phenoxy) is 1. The van der Waals surface area contributed by atoms with Gasteiger partial charge in [0.25, 0.3) is 0 Å². The number of allylic oxidation sites excluding steroid dienone is 1. The Kier molecular flexibility index (Phi) is 6.31. The minimum atomic E-state index is -4.39. The molecule has 0 saturated carbocycles. The third kappa shape index (κ3) is 5.30. The van der Waals surface area contributed by atoms with Crippen molar-refractivity contribution in [2.45, 2.75) is 39.7 Å². The van der Waals surface area contributed by atoms with E-state index in [0.29, 0.717) is 22.8 Å². The molecule has 1 N–H and O–H groups in total. The number of aryl methyl sites for hydroxylation is 1. The van der Waals surface area contributed by atoms with Crippen LogP contribution in [0.5, 0.6) is 5.75 Å². The molecule has 1 heterocycles. The van der Waals surface area contributed by atoms with Crippen LogP contribution in [0.25, 0.3) is 17.0 Å². The fourth-order valence-corrected chi connectivity index (χ4v) is 2.93. The Balaban J connectivity index is 1.73. The number of rotatable bonds is 6. The fraction of sp³-hybridized carbons (Fsp3) is 0.261. The van der Waals surface area contributed by atoms with Crippen LogP contribution in [0.1, 0.15) is 36.4 Å². The highest BCUT2D eigenvalue weighted by molar-refractivity contribution is 5.65. The normalized spacial score (nSPS) is 13.4. The van der Waals surface area contributed by atoms with Crippen molar-refractivity contribution < 1.29 is 27.4 Å². The van der Waals surface area contributed by atoms with Gasteiger partial charge < -0.3 is 14.3 Å². The summed E-state index contributed by atoms with van der Waals surface area (Å²) in [6.45, 7) is 5.47. The maximum absolute atomic E-state index is 12.7. The molecule has 0 spiro atoms. The molecule has 3 aromatic rings. The summed E-state index contributed by atoms with van der Waals surface area (Å²) in [7, 11) is 0. The number of aliphatic hydroxyl groups excluding tert-OH is 1. The van der Waals surface area contributed by atoms with E-state index < -0.39 is 17.8 Å². The summed E-state index contributed by atoms with van der Waals surface area (Å²) in [6, 6.07) is 12.1. The lowest BCUT2D eigenvalue weighted by molar-refractivity contribution is -0.137. The van der Waals surface area contributed by atoms with Gasteiger partial charge in [-0.2, -0.15) is 13.2 Å². The molecular formula is C23H22F3NO3. The first-order valence-electron chi connectivity index (χ1n) is 9.37. The van der Waals surface area contributed by atoms with Crippen molar-refractivity contribution in [2.75, 3.05) is 0 Å². The van der Waals surface area contributed by atoms with Crippen molar-refractivity contribution in [3.05, 3.63) is 77.2 Å². The van der Waals surface area contributed by atoms with Gasteiger partial charge in [-0.05, 0) is 68.3 Å². The summed E-state index contributed by atoms with van der Waals surface area (Å²) in [5.74, 6) is 1.40. The Labute approximate surface area is 172 Å². The van der Waals surface area contributed by atoms with Gasteiger partial charge in [-0.1, -0.05) is 18.2 Å². The lowest BCUT2D eigenvalue weighted by atomic mass is 10.1. The summed E-state index contributed by atoms with van der Waals surface area (Å²) in [5.41, 5.74) is 2.15. The molecule has 30 heavy (non-hydrogen) atoms. The summed E-state index contributed by atoms with van der Waals surface area (Å²) >= 11 is 0. The van der Waals surface area contributed by atoms with Crippen LogP contribution in [-0.4, -0.2) is 16.2 Å². The first kappa shape index (κ1) is 21.6. The van der Waals surface area contributed by atoms with Crippen molar-refractivity contribution in [2.24, 2.45) is 0 Å². The first-order chi connectivity index (χ1) is 14.1. The Morgan fingerprint density at radius 1 is 1.20 bits per heavy atom. The number of alkyl halides is 3. The Hall–Kier alpha value is -3.06. The highest BCUT2D eigenvalue weighted by atomic mass is 19.4. The maximum Gasteiger partial charge on any atom is 0.416 e. The second kappa shape index (κ2) is 8.75. The van der Waals surface area contributed by atoms with Gasteiger partial charge in [0.15, 0.2) is 0 Å². The molecule has 1 unspecified atom stereocenters. The molecule has 4 nitrogen and oxygen atoms in total. The van der Waals surface area contributed by atoms with Gasteiger partial charge in [0.1, 0.15) is 23.8 Å². The molecule has 0 aliphatic carbocycles. The minimum Gasteiger partial charge on any atom is -0.487 e. The number of hydrogen-bond donors (Lipinski definition) is 1. The van der Waals surface area contributed by atoms with E-state index in [0.717, 1.165) is 23.3 Å². The van der Waals surface area contributed by atoms with Crippen LogP contribution in [-0.2, 0) is 12.8 Å². The van der Waals surface area contributed by atoms with Gasteiger partial charge >= 0.3 is 6.18 Å². The van der Waals surface area contributed by atoms with Crippen LogP contribution >= 0.6 is 0 Å². The molecule has 0 aliphatic heterocycles. The van der Waals surface area contributed by atoms with E-state index in [9.17, 15) is 18.3 Å². The Bertz CT molecular complexity index is 1030. The van der Waals surface area contributed by atoms with Crippen molar-refractivity contribution in [3.63, 3.8) is 0 Å². The zero-order valence-corrected chi connectivity index (χ0v) is 16.8. The summed E-state index contributed by atoms with van der Waals surface area (Å²) in [4.78, 5) is 4.37. The van der Waals surface area contributed by atoms with E-state index in [1.165, 1.54) is 12.1 Å². The molecule has 3 rings (SSSR count). The van der Waals surface area contributed by atoms with Crippen molar-refractivity contribution in [1.29, 1.82) is 0 Å². The summed E-state index contributed by atoms with van der Waals surface area (Å²) < 4.78 is 49.6. The van der Waals surface area contributed by atoms with Crippen LogP contribution in [0.15, 0.2) is 59.0 Å². The number of aromatic nitrogens is 1. The Morgan fingerprint density at radius 2 is 1.90 bits per heavy atom. The largest absolute Gasteiger partial charge is 0.487 e. The molecule has 0 amide bonds. The molecule has 0 radical (unpaired) electrons. The molecule has 0 fully saturated rings. The topological polar surface area (TPSA) is 55.5 Å². The number of benzene rings is 2. The summed E-state index contributed by atoms with van der Waals surface area (Å²) in [5, 5.41) is 9.51. The number of nitrogens with zero attached hydrogens (tertiary/aromatic N) is 1. The van der Waals surface area contributed by atoms with Crippen molar-refractivity contribution in [3.8, 4) is 17.2 Å². The number of halogens is 3.